The first-order chi connectivity index (χ1) is 8.18. The number of aromatic nitrogens is 3. The van der Waals surface area contributed by atoms with Gasteiger partial charge in [-0.05, 0) is 18.2 Å². The number of primary amides is 1. The molecule has 0 radical (unpaired) electrons. The molecule has 0 saturated carbocycles. The van der Waals surface area contributed by atoms with E-state index < -0.39 is 11.8 Å². The van der Waals surface area contributed by atoms with Crippen LogP contribution in [0, 0.1) is 0 Å². The number of anilines is 1. The number of nitrogens with one attached hydrogen (secondary N) is 2. The molecule has 0 atom stereocenters. The van der Waals surface area contributed by atoms with Crippen molar-refractivity contribution in [3.8, 4) is 0 Å². The standard InChI is InChI=1S/C10H9N5O2/c11-9(16)8-6(2-1-4-12-8)14-10(17)7-3-5-13-15-7/h1-5H,(H2,11,16)(H,13,15)(H,14,17). The summed E-state index contributed by atoms with van der Waals surface area (Å²) in [6.07, 6.45) is 2.87. The van der Waals surface area contributed by atoms with E-state index in [0.717, 1.165) is 0 Å². The topological polar surface area (TPSA) is 114 Å². The number of rotatable bonds is 3. The van der Waals surface area contributed by atoms with E-state index in [1.165, 1.54) is 18.5 Å². The molecule has 2 aromatic rings. The fraction of sp³-hybridized carbons (Fsp3) is 0. The highest BCUT2D eigenvalue weighted by molar-refractivity contribution is 6.06. The lowest BCUT2D eigenvalue weighted by Gasteiger charge is -2.06. The molecule has 4 N–H and O–H groups in total. The van der Waals surface area contributed by atoms with E-state index in [1.54, 1.807) is 12.1 Å². The summed E-state index contributed by atoms with van der Waals surface area (Å²) in [7, 11) is 0. The number of pyridine rings is 1. The monoisotopic (exact) mass is 231 g/mol. The van der Waals surface area contributed by atoms with Crippen molar-refractivity contribution in [1.82, 2.24) is 15.2 Å². The van der Waals surface area contributed by atoms with E-state index in [9.17, 15) is 9.59 Å². The fourth-order valence-corrected chi connectivity index (χ4v) is 1.27. The summed E-state index contributed by atoms with van der Waals surface area (Å²) < 4.78 is 0. The number of nitrogens with zero attached hydrogens (tertiary/aromatic N) is 2. The lowest BCUT2D eigenvalue weighted by molar-refractivity contribution is 0.0996. The van der Waals surface area contributed by atoms with E-state index in [0.29, 0.717) is 0 Å². The second kappa shape index (κ2) is 4.44. The zero-order valence-electron chi connectivity index (χ0n) is 8.68. The van der Waals surface area contributed by atoms with Crippen molar-refractivity contribution in [3.05, 3.63) is 42.0 Å². The summed E-state index contributed by atoms with van der Waals surface area (Å²) >= 11 is 0. The van der Waals surface area contributed by atoms with Gasteiger partial charge in [0.25, 0.3) is 11.8 Å². The molecule has 17 heavy (non-hydrogen) atoms. The van der Waals surface area contributed by atoms with Gasteiger partial charge in [-0.15, -0.1) is 0 Å². The van der Waals surface area contributed by atoms with E-state index in [4.69, 9.17) is 5.73 Å². The minimum Gasteiger partial charge on any atom is -0.364 e. The van der Waals surface area contributed by atoms with Gasteiger partial charge in [-0.1, -0.05) is 0 Å². The van der Waals surface area contributed by atoms with Crippen molar-refractivity contribution in [2.24, 2.45) is 5.73 Å². The third-order valence-electron chi connectivity index (χ3n) is 2.03. The van der Waals surface area contributed by atoms with Crippen molar-refractivity contribution < 1.29 is 9.59 Å². The SMILES string of the molecule is NC(=O)c1ncccc1NC(=O)c1ccn[nH]1. The lowest BCUT2D eigenvalue weighted by atomic mass is 10.2. The minimum absolute atomic E-state index is 0.0142. The summed E-state index contributed by atoms with van der Waals surface area (Å²) in [6.45, 7) is 0. The van der Waals surface area contributed by atoms with Crippen molar-refractivity contribution in [2.75, 3.05) is 5.32 Å². The Bertz CT molecular complexity index is 550. The van der Waals surface area contributed by atoms with Crippen molar-refractivity contribution >= 4 is 17.5 Å². The predicted octanol–water partition coefficient (Wildman–Crippen LogP) is 0.156. The number of hydrogen-bond donors (Lipinski definition) is 3. The number of carbonyl (C=O) groups excluding carboxylic acids is 2. The van der Waals surface area contributed by atoms with Crippen molar-refractivity contribution in [2.45, 2.75) is 0 Å². The molecule has 2 heterocycles. The zero-order chi connectivity index (χ0) is 12.3. The number of hydrogen-bond acceptors (Lipinski definition) is 4. The van der Waals surface area contributed by atoms with Gasteiger partial charge in [0.05, 0.1) is 5.69 Å². The molecule has 0 aromatic carbocycles. The average Bonchev–Trinajstić information content (AvgIpc) is 2.83. The maximum absolute atomic E-state index is 11.7. The maximum atomic E-state index is 11.7. The van der Waals surface area contributed by atoms with Crippen LogP contribution < -0.4 is 11.1 Å². The van der Waals surface area contributed by atoms with Crippen LogP contribution in [0.2, 0.25) is 0 Å². The predicted molar refractivity (Wildman–Crippen MR) is 59.3 cm³/mol. The van der Waals surface area contributed by atoms with Crippen molar-refractivity contribution in [3.63, 3.8) is 0 Å². The highest BCUT2D eigenvalue weighted by Gasteiger charge is 2.13. The van der Waals surface area contributed by atoms with Crippen LogP contribution in [0.3, 0.4) is 0 Å². The zero-order valence-corrected chi connectivity index (χ0v) is 8.68. The summed E-state index contributed by atoms with van der Waals surface area (Å²) in [4.78, 5) is 26.6. The van der Waals surface area contributed by atoms with Crippen LogP contribution in [0.1, 0.15) is 21.0 Å². The molecule has 86 valence electrons. The third-order valence-corrected chi connectivity index (χ3v) is 2.03. The van der Waals surface area contributed by atoms with Gasteiger partial charge in [-0.2, -0.15) is 5.10 Å². The Hall–Kier alpha value is -2.70. The molecule has 0 aliphatic heterocycles. The molecule has 2 amide bonds. The normalized spacial score (nSPS) is 9.88. The Kier molecular flexibility index (Phi) is 2.82. The van der Waals surface area contributed by atoms with Gasteiger partial charge in [-0.25, -0.2) is 4.98 Å². The Morgan fingerprint density at radius 3 is 2.76 bits per heavy atom. The summed E-state index contributed by atoms with van der Waals surface area (Å²) in [6, 6.07) is 4.64. The van der Waals surface area contributed by atoms with E-state index in [-0.39, 0.29) is 17.1 Å². The number of nitrogens with two attached hydrogens (primary N) is 1. The minimum atomic E-state index is -0.703. The second-order valence-corrected chi connectivity index (χ2v) is 3.19. The van der Waals surface area contributed by atoms with Gasteiger partial charge in [0.15, 0.2) is 5.69 Å². The van der Waals surface area contributed by atoms with Crippen LogP contribution in [0.25, 0.3) is 0 Å². The van der Waals surface area contributed by atoms with Gasteiger partial charge in [0.1, 0.15) is 5.69 Å². The number of carbonyl (C=O) groups is 2. The Morgan fingerprint density at radius 1 is 1.29 bits per heavy atom. The summed E-state index contributed by atoms with van der Waals surface area (Å²) in [5.74, 6) is -1.12. The third kappa shape index (κ3) is 2.28. The van der Waals surface area contributed by atoms with Crippen LogP contribution in [0.15, 0.2) is 30.6 Å². The molecule has 0 aliphatic carbocycles. The first-order valence-electron chi connectivity index (χ1n) is 4.74. The second-order valence-electron chi connectivity index (χ2n) is 3.19. The molecule has 0 saturated heterocycles. The van der Waals surface area contributed by atoms with Crippen LogP contribution in [-0.4, -0.2) is 27.0 Å². The summed E-state index contributed by atoms with van der Waals surface area (Å²) in [5, 5.41) is 8.68. The first-order valence-corrected chi connectivity index (χ1v) is 4.74. The summed E-state index contributed by atoms with van der Waals surface area (Å²) in [5.41, 5.74) is 5.70. The molecule has 7 heteroatoms. The molecule has 0 fully saturated rings. The molecule has 0 spiro atoms. The average molecular weight is 231 g/mol. The van der Waals surface area contributed by atoms with Crippen LogP contribution in [-0.2, 0) is 0 Å². The van der Waals surface area contributed by atoms with E-state index in [1.807, 2.05) is 0 Å². The smallest absolute Gasteiger partial charge is 0.273 e. The lowest BCUT2D eigenvalue weighted by Crippen LogP contribution is -2.19. The maximum Gasteiger partial charge on any atom is 0.273 e. The number of H-pyrrole nitrogens is 1. The molecule has 0 bridgehead atoms. The number of aromatic amines is 1. The first kappa shape index (κ1) is 10.8. The van der Waals surface area contributed by atoms with Crippen LogP contribution in [0.5, 0.6) is 0 Å². The van der Waals surface area contributed by atoms with E-state index in [2.05, 4.69) is 20.5 Å². The van der Waals surface area contributed by atoms with Crippen LogP contribution >= 0.6 is 0 Å². The Labute approximate surface area is 96.0 Å². The largest absolute Gasteiger partial charge is 0.364 e. The molecule has 0 aliphatic rings. The number of amides is 2. The Morgan fingerprint density at radius 2 is 2.12 bits per heavy atom. The molecular formula is C10H9N5O2. The molecule has 0 unspecified atom stereocenters. The van der Waals surface area contributed by atoms with Gasteiger partial charge in [0, 0.05) is 12.4 Å². The highest BCUT2D eigenvalue weighted by atomic mass is 16.2. The molecule has 2 rings (SSSR count). The molecule has 2 aromatic heterocycles. The van der Waals surface area contributed by atoms with E-state index >= 15 is 0 Å². The van der Waals surface area contributed by atoms with Crippen LogP contribution in [0.4, 0.5) is 5.69 Å². The molecular weight excluding hydrogens is 222 g/mol. The van der Waals surface area contributed by atoms with Gasteiger partial charge in [0.2, 0.25) is 0 Å². The van der Waals surface area contributed by atoms with Gasteiger partial charge in [-0.3, -0.25) is 14.7 Å². The van der Waals surface area contributed by atoms with Crippen molar-refractivity contribution in [1.29, 1.82) is 0 Å². The fourth-order valence-electron chi connectivity index (χ4n) is 1.27. The van der Waals surface area contributed by atoms with Gasteiger partial charge >= 0.3 is 0 Å². The highest BCUT2D eigenvalue weighted by Crippen LogP contribution is 2.12. The van der Waals surface area contributed by atoms with Gasteiger partial charge < -0.3 is 11.1 Å². The Balaban J connectivity index is 2.25. The molecule has 7 nitrogen and oxygen atoms in total. The quantitative estimate of drug-likeness (QED) is 0.697.